The van der Waals surface area contributed by atoms with Gasteiger partial charge in [0.25, 0.3) is 0 Å². The van der Waals surface area contributed by atoms with E-state index in [1.807, 2.05) is 25.1 Å². The molecule has 2 nitrogen and oxygen atoms in total. The molecule has 0 spiro atoms. The first-order valence-corrected chi connectivity index (χ1v) is 7.25. The van der Waals surface area contributed by atoms with Crippen molar-refractivity contribution >= 4 is 10.9 Å². The average Bonchev–Trinajstić information content (AvgIpc) is 2.47. The van der Waals surface area contributed by atoms with E-state index in [-0.39, 0.29) is 0 Å². The van der Waals surface area contributed by atoms with E-state index in [4.69, 9.17) is 0 Å². The van der Waals surface area contributed by atoms with Crippen LogP contribution in [0.15, 0.2) is 36.5 Å². The number of aliphatic hydroxyl groups is 1. The van der Waals surface area contributed by atoms with Crippen molar-refractivity contribution in [3.8, 4) is 0 Å². The Hall–Kier alpha value is -1.41. The molecule has 100 valence electrons. The van der Waals surface area contributed by atoms with Gasteiger partial charge in [-0.1, -0.05) is 31.4 Å². The maximum Gasteiger partial charge on any atom is 0.0896 e. The molecular formula is C17H21NO. The number of nitrogens with zero attached hydrogens (tertiary/aromatic N) is 1. The lowest BCUT2D eigenvalue weighted by Gasteiger charge is -2.36. The van der Waals surface area contributed by atoms with Crippen molar-refractivity contribution in [1.82, 2.24) is 4.98 Å². The largest absolute Gasteiger partial charge is 0.385 e. The molecule has 2 heteroatoms. The molecule has 0 amide bonds. The summed E-state index contributed by atoms with van der Waals surface area (Å²) in [4.78, 5) is 4.34. The van der Waals surface area contributed by atoms with Gasteiger partial charge in [0.05, 0.1) is 11.1 Å². The topological polar surface area (TPSA) is 33.1 Å². The van der Waals surface area contributed by atoms with Gasteiger partial charge >= 0.3 is 0 Å². The second kappa shape index (κ2) is 4.93. The summed E-state index contributed by atoms with van der Waals surface area (Å²) < 4.78 is 0. The molecule has 19 heavy (non-hydrogen) atoms. The first-order chi connectivity index (χ1) is 9.18. The van der Waals surface area contributed by atoms with Crippen molar-refractivity contribution in [1.29, 1.82) is 0 Å². The summed E-state index contributed by atoms with van der Waals surface area (Å²) in [5, 5.41) is 12.1. The first-order valence-electron chi connectivity index (χ1n) is 7.25. The van der Waals surface area contributed by atoms with Crippen LogP contribution in [0.3, 0.4) is 0 Å². The van der Waals surface area contributed by atoms with Gasteiger partial charge in [0, 0.05) is 11.6 Å². The average molecular weight is 255 g/mol. The summed E-state index contributed by atoms with van der Waals surface area (Å²) >= 11 is 0. The molecule has 1 atom stereocenters. The first kappa shape index (κ1) is 12.6. The number of hydrogen-bond acceptors (Lipinski definition) is 2. The highest BCUT2D eigenvalue weighted by molar-refractivity contribution is 5.79. The Morgan fingerprint density at radius 3 is 2.74 bits per heavy atom. The molecule has 1 aromatic carbocycles. The number of aromatic nitrogens is 1. The lowest BCUT2D eigenvalue weighted by molar-refractivity contribution is -0.0214. The Morgan fingerprint density at radius 1 is 1.16 bits per heavy atom. The van der Waals surface area contributed by atoms with Crippen molar-refractivity contribution in [3.63, 3.8) is 0 Å². The molecule has 2 aromatic rings. The molecule has 0 bridgehead atoms. The van der Waals surface area contributed by atoms with Crippen LogP contribution in [0.5, 0.6) is 0 Å². The van der Waals surface area contributed by atoms with Crippen LogP contribution in [-0.2, 0) is 5.60 Å². The maximum atomic E-state index is 10.9. The zero-order valence-corrected chi connectivity index (χ0v) is 11.5. The van der Waals surface area contributed by atoms with E-state index in [2.05, 4.69) is 17.1 Å². The minimum atomic E-state index is -0.718. The highest BCUT2D eigenvalue weighted by Gasteiger charge is 2.34. The number of pyridine rings is 1. The summed E-state index contributed by atoms with van der Waals surface area (Å²) in [7, 11) is 0. The van der Waals surface area contributed by atoms with E-state index < -0.39 is 5.60 Å². The third-order valence-corrected chi connectivity index (χ3v) is 4.59. The number of fused-ring (bicyclic) bond motifs is 1. The summed E-state index contributed by atoms with van der Waals surface area (Å²) in [6.07, 6.45) is 7.89. The number of hydrogen-bond donors (Lipinski definition) is 1. The van der Waals surface area contributed by atoms with E-state index in [0.717, 1.165) is 29.3 Å². The van der Waals surface area contributed by atoms with Crippen molar-refractivity contribution in [2.45, 2.75) is 44.6 Å². The quantitative estimate of drug-likeness (QED) is 0.879. The molecular weight excluding hydrogens is 234 g/mol. The van der Waals surface area contributed by atoms with Crippen LogP contribution >= 0.6 is 0 Å². The zero-order valence-electron chi connectivity index (χ0n) is 11.5. The van der Waals surface area contributed by atoms with E-state index in [1.54, 1.807) is 6.20 Å². The molecule has 1 fully saturated rings. The summed E-state index contributed by atoms with van der Waals surface area (Å²) in [6, 6.07) is 10.1. The minimum absolute atomic E-state index is 0.385. The zero-order chi connectivity index (χ0) is 13.3. The third-order valence-electron chi connectivity index (χ3n) is 4.59. The molecule has 1 aliphatic carbocycles. The van der Waals surface area contributed by atoms with Crippen molar-refractivity contribution in [2.24, 2.45) is 5.92 Å². The Labute approximate surface area is 114 Å². The maximum absolute atomic E-state index is 10.9. The van der Waals surface area contributed by atoms with Crippen molar-refractivity contribution in [2.75, 3.05) is 0 Å². The Kier molecular flexibility index (Phi) is 3.28. The molecule has 3 rings (SSSR count). The van der Waals surface area contributed by atoms with Crippen LogP contribution in [-0.4, -0.2) is 10.1 Å². The molecule has 0 radical (unpaired) electrons. The fourth-order valence-electron chi connectivity index (χ4n) is 3.29. The highest BCUT2D eigenvalue weighted by Crippen LogP contribution is 2.39. The van der Waals surface area contributed by atoms with Gasteiger partial charge in [-0.25, -0.2) is 0 Å². The molecule has 0 aliphatic heterocycles. The predicted molar refractivity (Wildman–Crippen MR) is 77.9 cm³/mol. The smallest absolute Gasteiger partial charge is 0.0896 e. The van der Waals surface area contributed by atoms with E-state index in [0.29, 0.717) is 5.92 Å². The normalized spacial score (nSPS) is 20.3. The van der Waals surface area contributed by atoms with Gasteiger partial charge in [0.2, 0.25) is 0 Å². The highest BCUT2D eigenvalue weighted by atomic mass is 16.3. The second-order valence-corrected chi connectivity index (χ2v) is 5.89. The van der Waals surface area contributed by atoms with Crippen LogP contribution in [0.2, 0.25) is 0 Å². The molecule has 1 aliphatic rings. The van der Waals surface area contributed by atoms with Crippen LogP contribution in [0.4, 0.5) is 0 Å². The minimum Gasteiger partial charge on any atom is -0.385 e. The van der Waals surface area contributed by atoms with Gasteiger partial charge in [0.1, 0.15) is 0 Å². The number of rotatable bonds is 2. The summed E-state index contributed by atoms with van der Waals surface area (Å²) in [5.74, 6) is 0.385. The fourth-order valence-corrected chi connectivity index (χ4v) is 3.29. The molecule has 0 saturated heterocycles. The Bertz CT molecular complexity index is 570. The SMILES string of the molecule is CC(O)(c1ccc2ncccc2c1)C1CCCCC1. The van der Waals surface area contributed by atoms with Gasteiger partial charge in [-0.05, 0) is 49.4 Å². The van der Waals surface area contributed by atoms with E-state index in [9.17, 15) is 5.11 Å². The van der Waals surface area contributed by atoms with E-state index >= 15 is 0 Å². The standard InChI is InChI=1S/C17H21NO/c1-17(19,14-7-3-2-4-8-14)15-9-10-16-13(12-15)6-5-11-18-16/h5-6,9-12,14,19H,2-4,7-8H2,1H3. The van der Waals surface area contributed by atoms with Gasteiger partial charge in [-0.2, -0.15) is 0 Å². The molecule has 1 heterocycles. The molecule has 1 N–H and O–H groups in total. The molecule has 1 saturated carbocycles. The van der Waals surface area contributed by atoms with Gasteiger partial charge in [0.15, 0.2) is 0 Å². The van der Waals surface area contributed by atoms with Crippen molar-refractivity contribution in [3.05, 3.63) is 42.1 Å². The predicted octanol–water partition coefficient (Wildman–Crippen LogP) is 4.02. The lowest BCUT2D eigenvalue weighted by Crippen LogP contribution is -2.33. The monoisotopic (exact) mass is 255 g/mol. The van der Waals surface area contributed by atoms with Crippen molar-refractivity contribution < 1.29 is 5.11 Å². The van der Waals surface area contributed by atoms with E-state index in [1.165, 1.54) is 19.3 Å². The molecule has 1 unspecified atom stereocenters. The third kappa shape index (κ3) is 2.37. The number of benzene rings is 1. The Balaban J connectivity index is 1.97. The summed E-state index contributed by atoms with van der Waals surface area (Å²) in [6.45, 7) is 1.97. The van der Waals surface area contributed by atoms with Gasteiger partial charge in [-0.15, -0.1) is 0 Å². The van der Waals surface area contributed by atoms with Gasteiger partial charge in [-0.3, -0.25) is 4.98 Å². The lowest BCUT2D eigenvalue weighted by atomic mass is 9.74. The van der Waals surface area contributed by atoms with Crippen LogP contribution < -0.4 is 0 Å². The van der Waals surface area contributed by atoms with Crippen LogP contribution in [0, 0.1) is 5.92 Å². The van der Waals surface area contributed by atoms with Gasteiger partial charge < -0.3 is 5.11 Å². The second-order valence-electron chi connectivity index (χ2n) is 5.89. The van der Waals surface area contributed by atoms with Crippen LogP contribution in [0.25, 0.3) is 10.9 Å². The Morgan fingerprint density at radius 2 is 1.95 bits per heavy atom. The van der Waals surface area contributed by atoms with Crippen LogP contribution in [0.1, 0.15) is 44.6 Å². The summed E-state index contributed by atoms with van der Waals surface area (Å²) in [5.41, 5.74) is 1.30. The fraction of sp³-hybridized carbons (Fsp3) is 0.471. The molecule has 1 aromatic heterocycles.